The van der Waals surface area contributed by atoms with Crippen LogP contribution in [0.15, 0.2) is 133 Å². The van der Waals surface area contributed by atoms with Crippen molar-refractivity contribution in [2.75, 3.05) is 27.4 Å². The predicted octanol–water partition coefficient (Wildman–Crippen LogP) is 13.8. The molecule has 0 spiro atoms. The Morgan fingerprint density at radius 2 is 0.733 bits per heavy atom. The molecule has 0 aliphatic rings. The first-order valence-electron chi connectivity index (χ1n) is 17.8. The van der Waals surface area contributed by atoms with Crippen molar-refractivity contribution in [1.29, 1.82) is 0 Å². The lowest BCUT2D eigenvalue weighted by Crippen LogP contribution is -2.06. The fourth-order valence-corrected chi connectivity index (χ4v) is 7.58. The van der Waals surface area contributed by atoms with E-state index in [1.807, 2.05) is 83.3 Å². The Morgan fingerprint density at radius 1 is 0.433 bits per heavy atom. The quantitative estimate of drug-likeness (QED) is 0.0843. The fourth-order valence-electron chi connectivity index (χ4n) is 5.05. The summed E-state index contributed by atoms with van der Waals surface area (Å²) in [6, 6.07) is 39.7. The summed E-state index contributed by atoms with van der Waals surface area (Å²) in [4.78, 5) is 45.9. The summed E-state index contributed by atoms with van der Waals surface area (Å²) in [6.07, 6.45) is 0. The van der Waals surface area contributed by atoms with Gasteiger partial charge in [-0.15, -0.1) is 0 Å². The highest BCUT2D eigenvalue weighted by Gasteiger charge is 2.15. The van der Waals surface area contributed by atoms with Gasteiger partial charge in [-0.2, -0.15) is 0 Å². The lowest BCUT2D eigenvalue weighted by molar-refractivity contribution is 0.0516. The van der Waals surface area contributed by atoms with Crippen molar-refractivity contribution in [3.8, 4) is 22.3 Å². The average Bonchev–Trinajstić information content (AvgIpc) is 3.24. The van der Waals surface area contributed by atoms with Gasteiger partial charge >= 0.3 is 23.9 Å². The highest BCUT2D eigenvalue weighted by Crippen LogP contribution is 2.29. The van der Waals surface area contributed by atoms with Gasteiger partial charge in [-0.05, 0) is 154 Å². The van der Waals surface area contributed by atoms with Crippen LogP contribution in [0.1, 0.15) is 55.3 Å². The number of rotatable bonds is 8. The molecule has 0 fully saturated rings. The number of esters is 4. The summed E-state index contributed by atoms with van der Waals surface area (Å²) in [7, 11) is 2.72. The van der Waals surface area contributed by atoms with Gasteiger partial charge in [-0.3, -0.25) is 0 Å². The van der Waals surface area contributed by atoms with Crippen molar-refractivity contribution in [2.45, 2.75) is 13.8 Å². The molecule has 14 heteroatoms. The number of halogens is 6. The van der Waals surface area contributed by atoms with Crippen LogP contribution in [0.4, 0.5) is 0 Å². The third-order valence-electron chi connectivity index (χ3n) is 7.80. The van der Waals surface area contributed by atoms with Gasteiger partial charge in [0, 0.05) is 27.2 Å². The number of benzene rings is 6. The van der Waals surface area contributed by atoms with Crippen molar-refractivity contribution in [2.24, 2.45) is 0 Å². The summed E-state index contributed by atoms with van der Waals surface area (Å²) in [6.45, 7) is 4.31. The lowest BCUT2D eigenvalue weighted by Gasteiger charge is -2.09. The second-order valence-electron chi connectivity index (χ2n) is 11.8. The minimum Gasteiger partial charge on any atom is -0.465 e. The molecule has 312 valence electrons. The summed E-state index contributed by atoms with van der Waals surface area (Å²) >= 11 is 27.5. The number of hydrogen-bond acceptors (Lipinski definition) is 8. The van der Waals surface area contributed by atoms with Crippen molar-refractivity contribution in [3.05, 3.63) is 183 Å². The molecule has 6 aromatic rings. The van der Waals surface area contributed by atoms with Crippen LogP contribution in [0.25, 0.3) is 22.3 Å². The maximum absolute atomic E-state index is 11.9. The Hall–Kier alpha value is -4.18. The van der Waals surface area contributed by atoms with Gasteiger partial charge in [0.15, 0.2) is 0 Å². The Bertz CT molecular complexity index is 2380. The van der Waals surface area contributed by atoms with E-state index in [1.165, 1.54) is 14.2 Å². The Morgan fingerprint density at radius 3 is 1.08 bits per heavy atom. The fraction of sp³-hybridized carbons (Fsp3) is 0.130. The molecule has 0 unspecified atom stereocenters. The molecule has 0 aromatic heterocycles. The molecule has 0 amide bonds. The highest BCUT2D eigenvalue weighted by molar-refractivity contribution is 14.1. The maximum atomic E-state index is 11.9. The predicted molar refractivity (Wildman–Crippen MR) is 257 cm³/mol. The molecule has 0 aliphatic carbocycles. The summed E-state index contributed by atoms with van der Waals surface area (Å²) in [5, 5.41) is 2.43. The molecule has 8 nitrogen and oxygen atoms in total. The third-order valence-corrected chi connectivity index (χ3v) is 10.5. The number of ether oxygens (including phenoxy) is 4. The van der Waals surface area contributed by atoms with Gasteiger partial charge in [-0.1, -0.05) is 107 Å². The van der Waals surface area contributed by atoms with E-state index >= 15 is 0 Å². The third kappa shape index (κ3) is 15.7. The second-order valence-corrected chi connectivity index (χ2v) is 15.9. The monoisotopic (exact) mass is 1110 g/mol. The molecule has 0 bridgehead atoms. The molecule has 0 radical (unpaired) electrons. The van der Waals surface area contributed by atoms with Crippen molar-refractivity contribution in [3.63, 3.8) is 0 Å². The summed E-state index contributed by atoms with van der Waals surface area (Å²) < 4.78 is 20.8. The summed E-state index contributed by atoms with van der Waals surface area (Å²) in [5.74, 6) is -1.33. The van der Waals surface area contributed by atoms with Crippen molar-refractivity contribution < 1.29 is 38.1 Å². The van der Waals surface area contributed by atoms with Crippen LogP contribution in [0.3, 0.4) is 0 Å². The van der Waals surface area contributed by atoms with Crippen LogP contribution in [0.2, 0.25) is 20.1 Å². The van der Waals surface area contributed by atoms with Crippen LogP contribution >= 0.6 is 91.6 Å². The molecule has 0 atom stereocenters. The zero-order valence-corrected chi connectivity index (χ0v) is 40.0. The van der Waals surface area contributed by atoms with Crippen LogP contribution in [-0.4, -0.2) is 51.3 Å². The van der Waals surface area contributed by atoms with Gasteiger partial charge < -0.3 is 18.9 Å². The molecule has 6 aromatic carbocycles. The average molecular weight is 1110 g/mol. The molecule has 0 saturated heterocycles. The van der Waals surface area contributed by atoms with E-state index in [9.17, 15) is 19.2 Å². The van der Waals surface area contributed by atoms with E-state index in [-0.39, 0.29) is 23.9 Å². The van der Waals surface area contributed by atoms with Crippen LogP contribution < -0.4 is 0 Å². The largest absolute Gasteiger partial charge is 0.465 e. The van der Waals surface area contributed by atoms with E-state index in [2.05, 4.69) is 27.3 Å². The minimum atomic E-state index is -0.361. The number of hydrogen-bond donors (Lipinski definition) is 0. The molecule has 0 N–H and O–H groups in total. The molecular weight excluding hydrogens is 1080 g/mol. The molecular formula is C46H38Cl4I2O8. The zero-order valence-electron chi connectivity index (χ0n) is 32.6. The molecule has 0 aliphatic heterocycles. The molecule has 60 heavy (non-hydrogen) atoms. The van der Waals surface area contributed by atoms with Gasteiger partial charge in [0.2, 0.25) is 0 Å². The first kappa shape index (κ1) is 50.2. The van der Waals surface area contributed by atoms with Crippen LogP contribution in [0.5, 0.6) is 0 Å². The molecule has 0 saturated carbocycles. The van der Waals surface area contributed by atoms with Crippen LogP contribution in [0, 0.1) is 7.14 Å². The van der Waals surface area contributed by atoms with Gasteiger partial charge in [0.1, 0.15) is 0 Å². The van der Waals surface area contributed by atoms with E-state index in [0.29, 0.717) is 55.6 Å². The van der Waals surface area contributed by atoms with Gasteiger partial charge in [0.05, 0.1) is 49.7 Å². The molecule has 0 heterocycles. The summed E-state index contributed by atoms with van der Waals surface area (Å²) in [5.41, 5.74) is 5.62. The Labute approximate surface area is 396 Å². The topological polar surface area (TPSA) is 105 Å². The minimum absolute atomic E-state index is 0.302. The maximum Gasteiger partial charge on any atom is 0.339 e. The Kier molecular flexibility index (Phi) is 21.9. The smallest absolute Gasteiger partial charge is 0.339 e. The van der Waals surface area contributed by atoms with Crippen molar-refractivity contribution in [1.82, 2.24) is 0 Å². The number of methoxy groups -OCH3 is 2. The standard InChI is InChI=1S/C15H13ClO2.C14H11ClO2.C9H8ClIO2.C8H6ClIO2/c1-2-18-15(17)13-9-8-12(16)10-14(13)11-6-4-3-5-7-11;1-17-14(16)12-8-7-11(15)9-13(12)10-5-3-2-4-6-10;1-2-13-9(12)7-4-3-6(10)5-8(7)11;1-12-8(11)6-3-2-5(9)4-7(6)10/h3-10H,2H2,1H3;2-9H,1H3;3-5H,2H2,1H3;2-4H,1H3. The number of carbonyl (C=O) groups is 4. The molecule has 6 rings (SSSR count). The first-order chi connectivity index (χ1) is 28.7. The van der Waals surface area contributed by atoms with E-state index in [1.54, 1.807) is 86.6 Å². The van der Waals surface area contributed by atoms with Crippen LogP contribution in [-0.2, 0) is 18.9 Å². The van der Waals surface area contributed by atoms with E-state index < -0.39 is 0 Å². The lowest BCUT2D eigenvalue weighted by atomic mass is 10.00. The Balaban J connectivity index is 0.000000217. The second kappa shape index (κ2) is 26.2. The van der Waals surface area contributed by atoms with E-state index in [4.69, 9.17) is 60.6 Å². The van der Waals surface area contributed by atoms with E-state index in [0.717, 1.165) is 29.4 Å². The van der Waals surface area contributed by atoms with Gasteiger partial charge in [-0.25, -0.2) is 19.2 Å². The van der Waals surface area contributed by atoms with Gasteiger partial charge in [0.25, 0.3) is 0 Å². The SMILES string of the molecule is CCOC(=O)c1ccc(Cl)cc1-c1ccccc1.CCOC(=O)c1ccc(Cl)cc1I.COC(=O)c1ccc(Cl)cc1-c1ccccc1.COC(=O)c1ccc(Cl)cc1I. The normalized spacial score (nSPS) is 9.90. The van der Waals surface area contributed by atoms with Crippen molar-refractivity contribution >= 4 is 115 Å². The first-order valence-corrected chi connectivity index (χ1v) is 21.5. The highest BCUT2D eigenvalue weighted by atomic mass is 127. The number of carbonyl (C=O) groups excluding carboxylic acids is 4. The zero-order chi connectivity index (χ0) is 44.2.